The number of carboxylic acid groups (broad SMARTS) is 1. The minimum absolute atomic E-state index is 0.00368. The highest BCUT2D eigenvalue weighted by Crippen LogP contribution is 2.42. The van der Waals surface area contributed by atoms with Gasteiger partial charge in [0.25, 0.3) is 5.56 Å². The van der Waals surface area contributed by atoms with E-state index in [-0.39, 0.29) is 26.1 Å². The molecule has 0 amide bonds. The second-order valence-electron chi connectivity index (χ2n) is 12.7. The number of piperidine rings is 1. The molecular weight excluding hydrogens is 635 g/mol. The Morgan fingerprint density at radius 1 is 1.02 bits per heavy atom. The van der Waals surface area contributed by atoms with Gasteiger partial charge < -0.3 is 15.2 Å². The van der Waals surface area contributed by atoms with E-state index in [0.29, 0.717) is 72.8 Å². The highest BCUT2D eigenvalue weighted by atomic mass is 35.5. The summed E-state index contributed by atoms with van der Waals surface area (Å²) in [5.41, 5.74) is 2.21. The Balaban J connectivity index is 1.38. The van der Waals surface area contributed by atoms with Crippen molar-refractivity contribution in [1.29, 1.82) is 0 Å². The van der Waals surface area contributed by atoms with Gasteiger partial charge in [-0.1, -0.05) is 66.2 Å². The van der Waals surface area contributed by atoms with Crippen molar-refractivity contribution < 1.29 is 19.0 Å². The highest BCUT2D eigenvalue weighted by molar-refractivity contribution is 6.30. The molecule has 9 nitrogen and oxygen atoms in total. The summed E-state index contributed by atoms with van der Waals surface area (Å²) in [4.78, 5) is 42.3. The molecule has 11 heteroatoms. The Morgan fingerprint density at radius 3 is 2.48 bits per heavy atom. The van der Waals surface area contributed by atoms with Crippen molar-refractivity contribution in [3.05, 3.63) is 138 Å². The van der Waals surface area contributed by atoms with E-state index in [1.54, 1.807) is 19.1 Å². The van der Waals surface area contributed by atoms with Crippen LogP contribution in [0, 0.1) is 12.7 Å². The van der Waals surface area contributed by atoms with E-state index in [4.69, 9.17) is 21.4 Å². The maximum atomic E-state index is 15.2. The van der Waals surface area contributed by atoms with Gasteiger partial charge in [-0.2, -0.15) is 0 Å². The van der Waals surface area contributed by atoms with Gasteiger partial charge in [0.15, 0.2) is 0 Å². The summed E-state index contributed by atoms with van der Waals surface area (Å²) in [6.07, 6.45) is 1.50. The van der Waals surface area contributed by atoms with Crippen LogP contribution >= 0.6 is 11.6 Å². The molecule has 1 aromatic heterocycles. The van der Waals surface area contributed by atoms with Gasteiger partial charge in [0.05, 0.1) is 37.0 Å². The molecule has 3 heterocycles. The summed E-state index contributed by atoms with van der Waals surface area (Å²) in [6.45, 7) is 4.30. The number of aromatic nitrogens is 2. The lowest BCUT2D eigenvalue weighted by molar-refractivity contribution is -0.137. The second kappa shape index (κ2) is 14.6. The zero-order valence-corrected chi connectivity index (χ0v) is 27.7. The molecule has 2 aliphatic heterocycles. The zero-order chi connectivity index (χ0) is 33.8. The number of nitrogens with one attached hydrogen (secondary N) is 1. The first-order valence-electron chi connectivity index (χ1n) is 16.4. The fourth-order valence-electron chi connectivity index (χ4n) is 7.01. The number of hydrogen-bond donors (Lipinski definition) is 2. The Kier molecular flexibility index (Phi) is 10.3. The van der Waals surface area contributed by atoms with E-state index >= 15 is 4.39 Å². The lowest BCUT2D eigenvalue weighted by Crippen LogP contribution is -2.50. The zero-order valence-electron chi connectivity index (χ0n) is 27.0. The molecule has 3 aromatic carbocycles. The number of aryl methyl sites for hydroxylation is 1. The molecule has 0 radical (unpaired) electrons. The van der Waals surface area contributed by atoms with E-state index in [2.05, 4.69) is 10.2 Å². The Labute approximate surface area is 283 Å². The lowest BCUT2D eigenvalue weighted by atomic mass is 9.85. The van der Waals surface area contributed by atoms with Crippen molar-refractivity contribution in [2.24, 2.45) is 0 Å². The number of nitrogens with zero attached hydrogens (tertiary/aromatic N) is 3. The van der Waals surface area contributed by atoms with Crippen molar-refractivity contribution in [2.75, 3.05) is 19.6 Å². The van der Waals surface area contributed by atoms with Crippen LogP contribution in [-0.2, 0) is 41.4 Å². The molecular formula is C37H40ClFN4O5. The normalized spacial score (nSPS) is 16.2. The Bertz CT molecular complexity index is 1880. The van der Waals surface area contributed by atoms with Gasteiger partial charge in [-0.15, -0.1) is 0 Å². The van der Waals surface area contributed by atoms with E-state index < -0.39 is 34.7 Å². The van der Waals surface area contributed by atoms with Crippen LogP contribution in [0.4, 0.5) is 4.39 Å². The Morgan fingerprint density at radius 2 is 1.77 bits per heavy atom. The number of carbonyl (C=O) groups is 1. The summed E-state index contributed by atoms with van der Waals surface area (Å²) in [6, 6.07) is 21.6. The topological polar surface area (TPSA) is 106 Å². The number of ether oxygens (including phenoxy) is 1. The molecule has 0 aliphatic carbocycles. The van der Waals surface area contributed by atoms with Crippen molar-refractivity contribution in [3.8, 4) is 0 Å². The van der Waals surface area contributed by atoms with Gasteiger partial charge in [0.2, 0.25) is 0 Å². The summed E-state index contributed by atoms with van der Waals surface area (Å²) < 4.78 is 24.5. The average molecular weight is 675 g/mol. The third-order valence-electron chi connectivity index (χ3n) is 9.63. The maximum Gasteiger partial charge on any atom is 0.331 e. The first-order chi connectivity index (χ1) is 23.1. The number of aliphatic carboxylic acids is 1. The first-order valence-corrected chi connectivity index (χ1v) is 16.7. The van der Waals surface area contributed by atoms with Gasteiger partial charge >= 0.3 is 11.7 Å². The molecule has 1 fully saturated rings. The minimum Gasteiger partial charge on any atom is -0.481 e. The van der Waals surface area contributed by atoms with E-state index in [9.17, 15) is 14.4 Å². The molecule has 0 saturated carbocycles. The van der Waals surface area contributed by atoms with Crippen LogP contribution in [0.25, 0.3) is 0 Å². The number of carboxylic acids is 1. The van der Waals surface area contributed by atoms with Gasteiger partial charge in [-0.05, 0) is 67.6 Å². The molecule has 6 rings (SSSR count). The Hall–Kier alpha value is -4.09. The van der Waals surface area contributed by atoms with E-state index in [1.807, 2.05) is 54.6 Å². The smallest absolute Gasteiger partial charge is 0.331 e. The fraction of sp³-hybridized carbons (Fsp3) is 0.378. The number of halogens is 2. The van der Waals surface area contributed by atoms with Crippen molar-refractivity contribution in [1.82, 2.24) is 19.4 Å². The van der Waals surface area contributed by atoms with Crippen LogP contribution in [0.2, 0.25) is 5.02 Å². The average Bonchev–Trinajstić information content (AvgIpc) is 3.43. The first kappa shape index (κ1) is 33.8. The van der Waals surface area contributed by atoms with E-state index in [0.717, 1.165) is 11.1 Å². The summed E-state index contributed by atoms with van der Waals surface area (Å²) in [5.74, 6) is -1.31. The summed E-state index contributed by atoms with van der Waals surface area (Å²) in [7, 11) is 0. The second-order valence-corrected chi connectivity index (χ2v) is 13.2. The molecule has 48 heavy (non-hydrogen) atoms. The monoisotopic (exact) mass is 674 g/mol. The maximum absolute atomic E-state index is 15.2. The predicted molar refractivity (Wildman–Crippen MR) is 182 cm³/mol. The lowest BCUT2D eigenvalue weighted by Gasteiger charge is -2.39. The summed E-state index contributed by atoms with van der Waals surface area (Å²) in [5, 5.41) is 13.2. The van der Waals surface area contributed by atoms with Gasteiger partial charge in [0.1, 0.15) is 11.4 Å². The molecule has 1 atom stereocenters. The van der Waals surface area contributed by atoms with Crippen LogP contribution < -0.4 is 16.6 Å². The van der Waals surface area contributed by atoms with Gasteiger partial charge in [-0.3, -0.25) is 23.6 Å². The predicted octanol–water partition coefficient (Wildman–Crippen LogP) is 5.38. The third kappa shape index (κ3) is 7.17. The standard InChI is InChI=1S/C37H40ClFN4O5/c1-25-8-5-13-30(39)29(25)22-42-32-24-48-37(15-18-41(19-16-37)21-26-9-6-12-28(38)20-26)34(32)35(46)43(36(42)47)23-31(27-10-3-2-4-11-27)40-17-7-14-33(44)45/h2-6,8-13,20,31,40H,7,14-19,21-24H2,1H3,(H,44,45)/t31-/m0/s1. The van der Waals surface area contributed by atoms with Crippen molar-refractivity contribution in [3.63, 3.8) is 0 Å². The molecule has 2 N–H and O–H groups in total. The number of likely N-dealkylation sites (tertiary alicyclic amines) is 1. The van der Waals surface area contributed by atoms with Gasteiger partial charge in [-0.25, -0.2) is 9.18 Å². The molecule has 2 aliphatic rings. The van der Waals surface area contributed by atoms with Crippen LogP contribution in [0.15, 0.2) is 82.4 Å². The molecule has 1 saturated heterocycles. The molecule has 1 spiro atoms. The third-order valence-corrected chi connectivity index (χ3v) is 9.86. The summed E-state index contributed by atoms with van der Waals surface area (Å²) >= 11 is 6.22. The van der Waals surface area contributed by atoms with Gasteiger partial charge in [0, 0.05) is 36.6 Å². The van der Waals surface area contributed by atoms with E-state index in [1.165, 1.54) is 15.2 Å². The SMILES string of the molecule is Cc1cccc(F)c1Cn1c2c(c(=O)n(C[C@H](NCCCC(=O)O)c3ccccc3)c1=O)C1(CCN(Cc3cccc(Cl)c3)CC1)OC2. The number of benzene rings is 3. The minimum atomic E-state index is -0.891. The van der Waals surface area contributed by atoms with Crippen LogP contribution in [-0.4, -0.2) is 44.7 Å². The van der Waals surface area contributed by atoms with Crippen LogP contribution in [0.5, 0.6) is 0 Å². The molecule has 0 bridgehead atoms. The molecule has 0 unspecified atom stereocenters. The molecule has 252 valence electrons. The molecule has 4 aromatic rings. The highest BCUT2D eigenvalue weighted by Gasteiger charge is 2.47. The number of hydrogen-bond acceptors (Lipinski definition) is 6. The number of rotatable bonds is 12. The number of fused-ring (bicyclic) bond motifs is 2. The fourth-order valence-corrected chi connectivity index (χ4v) is 7.22. The van der Waals surface area contributed by atoms with Crippen molar-refractivity contribution in [2.45, 2.75) is 70.5 Å². The van der Waals surface area contributed by atoms with Crippen LogP contribution in [0.3, 0.4) is 0 Å². The largest absolute Gasteiger partial charge is 0.481 e. The van der Waals surface area contributed by atoms with Crippen molar-refractivity contribution >= 4 is 17.6 Å². The van der Waals surface area contributed by atoms with Crippen LogP contribution in [0.1, 0.15) is 65.2 Å². The quantitative estimate of drug-likeness (QED) is 0.195.